The molecule has 0 unspecified atom stereocenters. The Morgan fingerprint density at radius 2 is 1.40 bits per heavy atom. The van der Waals surface area contributed by atoms with Crippen LogP contribution in [0.15, 0.2) is 54.6 Å². The van der Waals surface area contributed by atoms with Crippen LogP contribution >= 0.6 is 0 Å². The number of rotatable bonds is 4. The molecule has 0 N–H and O–H groups in total. The van der Waals surface area contributed by atoms with Crippen LogP contribution in [0.4, 0.5) is 0 Å². The Bertz CT molecular complexity index is 738. The van der Waals surface area contributed by atoms with Crippen molar-refractivity contribution in [2.45, 2.75) is 6.61 Å². The zero-order valence-electron chi connectivity index (χ0n) is 14.4. The minimum absolute atomic E-state index is 0.00441. The fourth-order valence-corrected chi connectivity index (χ4v) is 3.02. The molecule has 1 heterocycles. The summed E-state index contributed by atoms with van der Waals surface area (Å²) >= 11 is 0. The van der Waals surface area contributed by atoms with E-state index in [4.69, 9.17) is 4.74 Å². The molecular weight excluding hydrogens is 316 g/mol. The van der Waals surface area contributed by atoms with Crippen molar-refractivity contribution in [3.63, 3.8) is 0 Å². The van der Waals surface area contributed by atoms with Crippen LogP contribution in [0.2, 0.25) is 0 Å². The van der Waals surface area contributed by atoms with Gasteiger partial charge in [0.25, 0.3) is 11.8 Å². The van der Waals surface area contributed by atoms with Crippen LogP contribution in [0.3, 0.4) is 0 Å². The Balaban J connectivity index is 1.61. The summed E-state index contributed by atoms with van der Waals surface area (Å²) in [5.74, 6) is 0.0274. The molecule has 5 heteroatoms. The van der Waals surface area contributed by atoms with Crippen LogP contribution in [0.5, 0.6) is 0 Å². The molecule has 1 fully saturated rings. The molecular formula is C20H22N2O3. The minimum Gasteiger partial charge on any atom is -0.380 e. The van der Waals surface area contributed by atoms with Crippen molar-refractivity contribution < 1.29 is 14.3 Å². The summed E-state index contributed by atoms with van der Waals surface area (Å²) in [5, 5.41) is 0. The van der Waals surface area contributed by atoms with E-state index in [1.165, 1.54) is 0 Å². The first kappa shape index (κ1) is 17.2. The van der Waals surface area contributed by atoms with E-state index in [0.717, 1.165) is 5.56 Å². The van der Waals surface area contributed by atoms with E-state index in [1.54, 1.807) is 16.9 Å². The lowest BCUT2D eigenvalue weighted by Crippen LogP contribution is -2.50. The average molecular weight is 338 g/mol. The number of carbonyl (C=O) groups is 2. The van der Waals surface area contributed by atoms with Gasteiger partial charge in [-0.2, -0.15) is 0 Å². The highest BCUT2D eigenvalue weighted by atomic mass is 16.5. The summed E-state index contributed by atoms with van der Waals surface area (Å²) in [4.78, 5) is 28.8. The number of carbonyl (C=O) groups excluding carboxylic acids is 2. The van der Waals surface area contributed by atoms with Crippen molar-refractivity contribution in [1.82, 2.24) is 9.80 Å². The summed E-state index contributed by atoms with van der Waals surface area (Å²) < 4.78 is 5.12. The normalized spacial score (nSPS) is 14.4. The summed E-state index contributed by atoms with van der Waals surface area (Å²) in [6.07, 6.45) is 0. The van der Waals surface area contributed by atoms with Gasteiger partial charge in [0.2, 0.25) is 0 Å². The molecule has 3 rings (SSSR count). The van der Waals surface area contributed by atoms with Gasteiger partial charge in [0.1, 0.15) is 0 Å². The van der Waals surface area contributed by atoms with E-state index in [-0.39, 0.29) is 11.8 Å². The molecule has 5 nitrogen and oxygen atoms in total. The maximum atomic E-state index is 12.7. The number of ether oxygens (including phenoxy) is 1. The molecule has 1 aliphatic heterocycles. The SMILES string of the molecule is COCc1cccc(C(=O)N2CCN(C(=O)c3ccccc3)CC2)c1. The van der Waals surface area contributed by atoms with Crippen LogP contribution in [-0.4, -0.2) is 54.9 Å². The number of methoxy groups -OCH3 is 1. The van der Waals surface area contributed by atoms with Crippen LogP contribution in [0, 0.1) is 0 Å². The second-order valence-corrected chi connectivity index (χ2v) is 6.08. The highest BCUT2D eigenvalue weighted by Gasteiger charge is 2.25. The molecule has 0 aliphatic carbocycles. The number of hydrogen-bond acceptors (Lipinski definition) is 3. The maximum Gasteiger partial charge on any atom is 0.253 e. The highest BCUT2D eigenvalue weighted by Crippen LogP contribution is 2.13. The van der Waals surface area contributed by atoms with Crippen molar-refractivity contribution in [3.05, 3.63) is 71.3 Å². The molecule has 0 bridgehead atoms. The van der Waals surface area contributed by atoms with Crippen LogP contribution in [0.1, 0.15) is 26.3 Å². The van der Waals surface area contributed by atoms with Gasteiger partial charge >= 0.3 is 0 Å². The largest absolute Gasteiger partial charge is 0.380 e. The first-order valence-electron chi connectivity index (χ1n) is 8.40. The zero-order valence-corrected chi connectivity index (χ0v) is 14.4. The first-order valence-corrected chi connectivity index (χ1v) is 8.40. The molecule has 25 heavy (non-hydrogen) atoms. The predicted molar refractivity (Wildman–Crippen MR) is 95.4 cm³/mol. The number of benzene rings is 2. The number of piperazine rings is 1. The van der Waals surface area contributed by atoms with Crippen LogP contribution in [0.25, 0.3) is 0 Å². The van der Waals surface area contributed by atoms with Crippen molar-refractivity contribution in [3.8, 4) is 0 Å². The van der Waals surface area contributed by atoms with E-state index in [1.807, 2.05) is 54.6 Å². The monoisotopic (exact) mass is 338 g/mol. The number of nitrogens with zero attached hydrogens (tertiary/aromatic N) is 2. The third-order valence-corrected chi connectivity index (χ3v) is 4.36. The predicted octanol–water partition coefficient (Wildman–Crippen LogP) is 2.43. The van der Waals surface area contributed by atoms with Gasteiger partial charge in [0, 0.05) is 44.4 Å². The van der Waals surface area contributed by atoms with E-state index in [0.29, 0.717) is 43.9 Å². The zero-order chi connectivity index (χ0) is 17.6. The Labute approximate surface area is 147 Å². The Kier molecular flexibility index (Phi) is 5.46. The van der Waals surface area contributed by atoms with Crippen molar-refractivity contribution >= 4 is 11.8 Å². The van der Waals surface area contributed by atoms with Gasteiger partial charge < -0.3 is 14.5 Å². The van der Waals surface area contributed by atoms with Crippen molar-refractivity contribution in [2.24, 2.45) is 0 Å². The summed E-state index contributed by atoms with van der Waals surface area (Å²) in [5.41, 5.74) is 2.33. The highest BCUT2D eigenvalue weighted by molar-refractivity contribution is 5.96. The first-order chi connectivity index (χ1) is 12.2. The molecule has 1 aliphatic rings. The topological polar surface area (TPSA) is 49.9 Å². The van der Waals surface area contributed by atoms with Gasteiger partial charge in [0.15, 0.2) is 0 Å². The molecule has 2 amide bonds. The molecule has 0 radical (unpaired) electrons. The lowest BCUT2D eigenvalue weighted by atomic mass is 10.1. The third kappa shape index (κ3) is 4.06. The third-order valence-electron chi connectivity index (χ3n) is 4.36. The van der Waals surface area contributed by atoms with E-state index < -0.39 is 0 Å². The van der Waals surface area contributed by atoms with Gasteiger partial charge in [0.05, 0.1) is 6.61 Å². The van der Waals surface area contributed by atoms with Crippen LogP contribution < -0.4 is 0 Å². The Hall–Kier alpha value is -2.66. The fourth-order valence-electron chi connectivity index (χ4n) is 3.02. The summed E-state index contributed by atoms with van der Waals surface area (Å²) in [6, 6.07) is 16.8. The molecule has 1 saturated heterocycles. The number of hydrogen-bond donors (Lipinski definition) is 0. The molecule has 2 aromatic rings. The Morgan fingerprint density at radius 3 is 2.00 bits per heavy atom. The van der Waals surface area contributed by atoms with Gasteiger partial charge in [-0.3, -0.25) is 9.59 Å². The fraction of sp³-hybridized carbons (Fsp3) is 0.300. The molecule has 0 saturated carbocycles. The van der Waals surface area contributed by atoms with Gasteiger partial charge in [-0.05, 0) is 29.8 Å². The van der Waals surface area contributed by atoms with Crippen LogP contribution in [-0.2, 0) is 11.3 Å². The van der Waals surface area contributed by atoms with Crippen molar-refractivity contribution in [2.75, 3.05) is 33.3 Å². The van der Waals surface area contributed by atoms with Gasteiger partial charge in [-0.25, -0.2) is 0 Å². The quantitative estimate of drug-likeness (QED) is 0.860. The standard InChI is InChI=1S/C20H22N2O3/c1-25-15-16-6-5-9-18(14-16)20(24)22-12-10-21(11-13-22)19(23)17-7-3-2-4-8-17/h2-9,14H,10-13,15H2,1H3. The summed E-state index contributed by atoms with van der Waals surface area (Å²) in [7, 11) is 1.64. The van der Waals surface area contributed by atoms with Gasteiger partial charge in [-0.1, -0.05) is 30.3 Å². The van der Waals surface area contributed by atoms with Gasteiger partial charge in [-0.15, -0.1) is 0 Å². The lowest BCUT2D eigenvalue weighted by molar-refractivity contribution is 0.0535. The molecule has 0 atom stereocenters. The van der Waals surface area contributed by atoms with E-state index in [2.05, 4.69) is 0 Å². The summed E-state index contributed by atoms with van der Waals surface area (Å²) in [6.45, 7) is 2.69. The smallest absolute Gasteiger partial charge is 0.253 e. The van der Waals surface area contributed by atoms with E-state index in [9.17, 15) is 9.59 Å². The molecule has 0 aromatic heterocycles. The molecule has 2 aromatic carbocycles. The Morgan fingerprint density at radius 1 is 0.840 bits per heavy atom. The second-order valence-electron chi connectivity index (χ2n) is 6.08. The average Bonchev–Trinajstić information content (AvgIpc) is 2.68. The van der Waals surface area contributed by atoms with E-state index >= 15 is 0 Å². The second kappa shape index (κ2) is 7.94. The van der Waals surface area contributed by atoms with Crippen molar-refractivity contribution in [1.29, 1.82) is 0 Å². The molecule has 0 spiro atoms. The maximum absolute atomic E-state index is 12.7. The lowest BCUT2D eigenvalue weighted by Gasteiger charge is -2.35. The minimum atomic E-state index is 0.00441. The molecule has 130 valence electrons. The number of amides is 2.